The van der Waals surface area contributed by atoms with Gasteiger partial charge in [-0.05, 0) is 0 Å². The summed E-state index contributed by atoms with van der Waals surface area (Å²) in [6, 6.07) is 0. The Kier molecular flexibility index (Phi) is 15.3. The van der Waals surface area contributed by atoms with Crippen LogP contribution in [0.3, 0.4) is 0 Å². The zero-order valence-corrected chi connectivity index (χ0v) is 36.9. The maximum absolute atomic E-state index is 12.3. The largest absolute Gasteiger partial charge is 0.382 e. The standard InChI is InChI=1S/C9H2Br16O2/c10-1(2(11)12)4(13,14)6(17,18)8(21,22)9(23,24)7(19,20)5(15,16)3(26)27-25/h1-2H. The summed E-state index contributed by atoms with van der Waals surface area (Å²) in [5.41, 5.74) is 0. The van der Waals surface area contributed by atoms with E-state index in [9.17, 15) is 4.79 Å². The predicted molar refractivity (Wildman–Crippen MR) is 173 cm³/mol. The van der Waals surface area contributed by atoms with Gasteiger partial charge >= 0.3 is 5.97 Å². The van der Waals surface area contributed by atoms with Crippen molar-refractivity contribution in [1.29, 1.82) is 0 Å². The first-order chi connectivity index (χ1) is 11.6. The highest BCUT2D eigenvalue weighted by Crippen LogP contribution is 2.74. The maximum Gasteiger partial charge on any atom is 0.347 e. The zero-order valence-electron chi connectivity index (χ0n) is 11.5. The van der Waals surface area contributed by atoms with Crippen LogP contribution in [0.1, 0.15) is 0 Å². The highest BCUT2D eigenvalue weighted by molar-refractivity contribution is 9.36. The summed E-state index contributed by atoms with van der Waals surface area (Å²) in [5.74, 6) is -0.659. The minimum atomic E-state index is -1.44. The number of carbonyl (C=O) groups excluding carboxylic acids is 1. The molecule has 0 aromatic carbocycles. The second-order valence-electron chi connectivity index (χ2n) is 4.60. The molecule has 0 spiro atoms. The van der Waals surface area contributed by atoms with Crippen LogP contribution < -0.4 is 0 Å². The van der Waals surface area contributed by atoms with E-state index < -0.39 is 25.4 Å². The van der Waals surface area contributed by atoms with Crippen molar-refractivity contribution >= 4 is 261 Å². The van der Waals surface area contributed by atoms with E-state index in [2.05, 4.69) is 255 Å². The Bertz CT molecular complexity index is 554. The second kappa shape index (κ2) is 12.1. The Hall–Kier alpha value is 7.15. The Balaban J connectivity index is 6.51. The minimum Gasteiger partial charge on any atom is -0.382 e. The predicted octanol–water partition coefficient (Wildman–Crippen LogP) is 11.6. The van der Waals surface area contributed by atoms with Gasteiger partial charge in [0.1, 0.15) is 16.2 Å². The molecule has 0 bridgehead atoms. The molecule has 0 rings (SSSR count). The van der Waals surface area contributed by atoms with Crippen LogP contribution in [0.15, 0.2) is 0 Å². The van der Waals surface area contributed by atoms with Crippen molar-refractivity contribution in [3.63, 3.8) is 0 Å². The molecule has 0 aliphatic carbocycles. The molecule has 0 aliphatic rings. The molecule has 162 valence electrons. The van der Waals surface area contributed by atoms with Gasteiger partial charge in [-0.25, -0.2) is 4.79 Å². The quantitative estimate of drug-likeness (QED) is 0.226. The van der Waals surface area contributed by atoms with Crippen molar-refractivity contribution in [2.75, 3.05) is 0 Å². The topological polar surface area (TPSA) is 26.3 Å². The van der Waals surface area contributed by atoms with Gasteiger partial charge in [0, 0.05) is 0 Å². The van der Waals surface area contributed by atoms with E-state index >= 15 is 0 Å². The molecule has 0 heterocycles. The molecular weight excluding hydrogens is 1420 g/mol. The molecule has 0 aromatic heterocycles. The molecule has 0 amide bonds. The monoisotopic (exact) mass is 1400 g/mol. The van der Waals surface area contributed by atoms with Crippen LogP contribution >= 0.6 is 255 Å². The smallest absolute Gasteiger partial charge is 0.347 e. The second-order valence-corrected chi connectivity index (χ2v) is 29.9. The van der Waals surface area contributed by atoms with Crippen LogP contribution in [0.5, 0.6) is 0 Å². The molecule has 27 heavy (non-hydrogen) atoms. The van der Waals surface area contributed by atoms with Crippen molar-refractivity contribution in [1.82, 2.24) is 0 Å². The van der Waals surface area contributed by atoms with Gasteiger partial charge in [0.15, 0.2) is 16.3 Å². The zero-order chi connectivity index (χ0) is 22.4. The summed E-state index contributed by atoms with van der Waals surface area (Å²) in [6.45, 7) is 0. The minimum absolute atomic E-state index is 0.110. The highest BCUT2D eigenvalue weighted by atomic mass is 79.9. The maximum atomic E-state index is 12.3. The SMILES string of the molecule is O=C(OBr)C(Br)(Br)C(Br)(Br)C(Br)(Br)C(Br)(Br)C(Br)(Br)C(Br)(Br)C(Br)C(Br)Br. The van der Waals surface area contributed by atoms with Crippen molar-refractivity contribution in [2.45, 2.75) is 28.0 Å². The first-order valence-corrected chi connectivity index (χ1v) is 18.5. The summed E-state index contributed by atoms with van der Waals surface area (Å²) in [5, 5.41) is 0. The molecule has 0 fully saturated rings. The van der Waals surface area contributed by atoms with Gasteiger partial charge < -0.3 is 3.83 Å². The number of rotatable bonds is 8. The van der Waals surface area contributed by atoms with Gasteiger partial charge in [-0.15, -0.1) is 0 Å². The van der Waals surface area contributed by atoms with Gasteiger partial charge in [-0.1, -0.05) is 239 Å². The van der Waals surface area contributed by atoms with Crippen LogP contribution in [0.2, 0.25) is 0 Å². The fourth-order valence-corrected chi connectivity index (χ4v) is 15.7. The fraction of sp³-hybridized carbons (Fsp3) is 0.889. The summed E-state index contributed by atoms with van der Waals surface area (Å²) in [7, 11) is 0. The van der Waals surface area contributed by atoms with Crippen LogP contribution in [0, 0.1) is 0 Å². The van der Waals surface area contributed by atoms with E-state index in [0.717, 1.165) is 0 Å². The lowest BCUT2D eigenvalue weighted by Crippen LogP contribution is -2.66. The van der Waals surface area contributed by atoms with E-state index in [0.29, 0.717) is 0 Å². The molecule has 0 N–H and O–H groups in total. The Labute approximate surface area is 291 Å². The number of alkyl halides is 15. The van der Waals surface area contributed by atoms with Crippen molar-refractivity contribution in [2.24, 2.45) is 0 Å². The summed E-state index contributed by atoms with van der Waals surface area (Å²) >= 11 is 57.0. The lowest BCUT2D eigenvalue weighted by atomic mass is 10.1. The lowest BCUT2D eigenvalue weighted by molar-refractivity contribution is -0.132. The van der Waals surface area contributed by atoms with Crippen LogP contribution in [0.4, 0.5) is 0 Å². The highest BCUT2D eigenvalue weighted by Gasteiger charge is 2.75. The fourth-order valence-electron chi connectivity index (χ4n) is 1.31. The Morgan fingerprint density at radius 3 is 1.26 bits per heavy atom. The average Bonchev–Trinajstić information content (AvgIpc) is 2.51. The lowest BCUT2D eigenvalue weighted by Gasteiger charge is -2.55. The molecule has 0 saturated carbocycles. The van der Waals surface area contributed by atoms with Crippen molar-refractivity contribution in [3.8, 4) is 0 Å². The third-order valence-corrected chi connectivity index (χ3v) is 32.3. The third kappa shape index (κ3) is 6.54. The van der Waals surface area contributed by atoms with E-state index in [4.69, 9.17) is 3.83 Å². The Morgan fingerprint density at radius 1 is 0.630 bits per heavy atom. The Morgan fingerprint density at radius 2 is 0.963 bits per heavy atom. The van der Waals surface area contributed by atoms with Gasteiger partial charge in [-0.2, -0.15) is 0 Å². The van der Waals surface area contributed by atoms with E-state index in [1.807, 2.05) is 0 Å². The van der Waals surface area contributed by atoms with Gasteiger partial charge in [-0.3, -0.25) is 0 Å². The summed E-state index contributed by atoms with van der Waals surface area (Å²) in [6.07, 6.45) is 0. The number of hydrogen-bond acceptors (Lipinski definition) is 2. The van der Waals surface area contributed by atoms with Crippen molar-refractivity contribution in [3.05, 3.63) is 0 Å². The molecular formula is C9H2Br16O2. The molecule has 0 aliphatic heterocycles. The average molecular weight is 1420 g/mol. The molecule has 2 nitrogen and oxygen atoms in total. The van der Waals surface area contributed by atoms with Crippen LogP contribution in [-0.2, 0) is 8.62 Å². The van der Waals surface area contributed by atoms with E-state index in [1.54, 1.807) is 0 Å². The van der Waals surface area contributed by atoms with E-state index in [-0.39, 0.29) is 8.56 Å². The van der Waals surface area contributed by atoms with Crippen LogP contribution in [0.25, 0.3) is 0 Å². The summed E-state index contributed by atoms with van der Waals surface area (Å²) in [4.78, 5) is 12.1. The normalized spacial score (nSPS) is 16.5. The number of hydrogen-bond donors (Lipinski definition) is 0. The van der Waals surface area contributed by atoms with Gasteiger partial charge in [0.05, 0.1) is 8.56 Å². The van der Waals surface area contributed by atoms with Gasteiger partial charge in [0.2, 0.25) is 3.23 Å². The first kappa shape index (κ1) is 34.2. The molecule has 0 aromatic rings. The van der Waals surface area contributed by atoms with E-state index in [1.165, 1.54) is 0 Å². The number of halogens is 16. The molecule has 18 heteroatoms. The van der Waals surface area contributed by atoms with Crippen LogP contribution in [-0.4, -0.2) is 33.9 Å². The molecule has 0 saturated heterocycles. The molecule has 0 radical (unpaired) electrons. The molecule has 1 atom stereocenters. The third-order valence-electron chi connectivity index (χ3n) is 2.89. The number of carbonyl (C=O) groups is 1. The molecule has 1 unspecified atom stereocenters. The van der Waals surface area contributed by atoms with Crippen molar-refractivity contribution < 1.29 is 8.62 Å². The van der Waals surface area contributed by atoms with Gasteiger partial charge in [0.25, 0.3) is 0 Å². The first-order valence-electron chi connectivity index (χ1n) is 5.61. The summed E-state index contributed by atoms with van der Waals surface area (Å²) < 4.78 is -2.12.